The van der Waals surface area contributed by atoms with Crippen LogP contribution < -0.4 is 4.90 Å². The van der Waals surface area contributed by atoms with Gasteiger partial charge in [0.25, 0.3) is 0 Å². The minimum atomic E-state index is -3.34. The minimum Gasteiger partial charge on any atom is -0.356 e. The molecule has 0 saturated carbocycles. The molecule has 0 spiro atoms. The van der Waals surface area contributed by atoms with Crippen molar-refractivity contribution >= 4 is 43.7 Å². The van der Waals surface area contributed by atoms with Gasteiger partial charge < -0.3 is 4.90 Å². The van der Waals surface area contributed by atoms with E-state index >= 15 is 0 Å². The van der Waals surface area contributed by atoms with E-state index in [0.717, 1.165) is 55.9 Å². The van der Waals surface area contributed by atoms with Crippen LogP contribution in [0, 0.1) is 5.92 Å². The quantitative estimate of drug-likeness (QED) is 0.111. The van der Waals surface area contributed by atoms with Gasteiger partial charge in [-0.05, 0) is 59.4 Å². The van der Waals surface area contributed by atoms with Crippen molar-refractivity contribution in [3.05, 3.63) is 162 Å². The Hall–Kier alpha value is -5.45. The van der Waals surface area contributed by atoms with E-state index in [2.05, 4.69) is 106 Å². The zero-order chi connectivity index (χ0) is 35.0. The van der Waals surface area contributed by atoms with Gasteiger partial charge in [-0.1, -0.05) is 97.1 Å². The molecule has 7 aromatic rings. The molecule has 0 aliphatic carbocycles. The Morgan fingerprint density at radius 1 is 0.765 bits per heavy atom. The summed E-state index contributed by atoms with van der Waals surface area (Å²) in [5.41, 5.74) is 5.39. The molecule has 1 aliphatic heterocycles. The monoisotopic (exact) mass is 709 g/mol. The second-order valence-corrected chi connectivity index (χ2v) is 16.3. The molecule has 51 heavy (non-hydrogen) atoms. The predicted octanol–water partition coefficient (Wildman–Crippen LogP) is 7.90. The van der Waals surface area contributed by atoms with Crippen LogP contribution in [0.3, 0.4) is 0 Å². The number of carbonyl (C=O) groups is 1. The van der Waals surface area contributed by atoms with Gasteiger partial charge in [0.2, 0.25) is 0 Å². The Morgan fingerprint density at radius 3 is 1.94 bits per heavy atom. The van der Waals surface area contributed by atoms with Crippen LogP contribution in [0.2, 0.25) is 0 Å². The van der Waals surface area contributed by atoms with E-state index in [1.807, 2.05) is 30.5 Å². The van der Waals surface area contributed by atoms with Gasteiger partial charge >= 0.3 is 0 Å². The minimum absolute atomic E-state index is 0.0129. The number of ketones is 1. The second kappa shape index (κ2) is 13.4. The lowest BCUT2D eigenvalue weighted by molar-refractivity contribution is 0.0904. The number of nitrogens with zero attached hydrogens (tertiary/aromatic N) is 5. The second-order valence-electron chi connectivity index (χ2n) is 12.9. The number of Topliss-reactive ketones (excluding diaryl/α,β-unsaturated/α-hetero) is 1. The Bertz CT molecular complexity index is 2340. The molecule has 1 aliphatic rings. The maximum Gasteiger partial charge on any atom is 0.184 e. The highest BCUT2D eigenvalue weighted by molar-refractivity contribution is 7.92. The van der Waals surface area contributed by atoms with E-state index in [0.29, 0.717) is 30.8 Å². The van der Waals surface area contributed by atoms with Crippen molar-refractivity contribution in [2.75, 3.05) is 24.2 Å². The van der Waals surface area contributed by atoms with Crippen LogP contribution in [0.25, 0.3) is 22.0 Å². The number of fused-ring (bicyclic) bond motifs is 1. The summed E-state index contributed by atoms with van der Waals surface area (Å²) in [7, 11) is -3.34. The SMILES string of the molecule is CS(=O)(=O)c1ccc(C(=O)C2CCN(c3ncnc4ccc(-c5cnn(C(c6ccccc6)(c6ccccc6)c6ccccc6)c5)cc34)CC2)s1. The molecular weight excluding hydrogens is 675 g/mol. The molecule has 3 aromatic heterocycles. The molecule has 8 rings (SSSR count). The van der Waals surface area contributed by atoms with E-state index in [-0.39, 0.29) is 15.9 Å². The highest BCUT2D eigenvalue weighted by atomic mass is 32.2. The molecule has 8 nitrogen and oxygen atoms in total. The first kappa shape index (κ1) is 32.7. The highest BCUT2D eigenvalue weighted by Gasteiger charge is 2.39. The van der Waals surface area contributed by atoms with Crippen molar-refractivity contribution in [2.24, 2.45) is 5.92 Å². The summed E-state index contributed by atoms with van der Waals surface area (Å²) in [6.45, 7) is 1.31. The number of aromatic nitrogens is 4. The third-order valence-corrected chi connectivity index (χ3v) is 12.7. The fourth-order valence-electron chi connectivity index (χ4n) is 7.27. The van der Waals surface area contributed by atoms with Gasteiger partial charge in [-0.3, -0.25) is 9.48 Å². The van der Waals surface area contributed by atoms with Crippen LogP contribution in [-0.4, -0.2) is 53.3 Å². The molecule has 0 radical (unpaired) electrons. The molecule has 10 heteroatoms. The fraction of sp³-hybridized carbons (Fsp3) is 0.171. The molecular formula is C41H35N5O3S2. The summed E-state index contributed by atoms with van der Waals surface area (Å²) in [6.07, 6.45) is 8.12. The first-order valence-corrected chi connectivity index (χ1v) is 19.6. The Kier molecular flexibility index (Phi) is 8.57. The van der Waals surface area contributed by atoms with Gasteiger partial charge in [-0.25, -0.2) is 18.4 Å². The topological polar surface area (TPSA) is 98.1 Å². The molecule has 4 heterocycles. The Labute approximate surface area is 301 Å². The molecule has 0 amide bonds. The number of rotatable bonds is 9. The van der Waals surface area contributed by atoms with Crippen molar-refractivity contribution in [1.29, 1.82) is 0 Å². The van der Waals surface area contributed by atoms with Crippen molar-refractivity contribution < 1.29 is 13.2 Å². The van der Waals surface area contributed by atoms with Crippen molar-refractivity contribution in [1.82, 2.24) is 19.7 Å². The maximum atomic E-state index is 13.3. The number of benzene rings is 4. The van der Waals surface area contributed by atoms with Crippen LogP contribution in [-0.2, 0) is 15.4 Å². The van der Waals surface area contributed by atoms with Crippen LogP contribution in [0.4, 0.5) is 5.82 Å². The van der Waals surface area contributed by atoms with Crippen LogP contribution in [0.15, 0.2) is 144 Å². The summed E-state index contributed by atoms with van der Waals surface area (Å²) >= 11 is 1.06. The summed E-state index contributed by atoms with van der Waals surface area (Å²) < 4.78 is 26.2. The number of piperidine rings is 1. The molecule has 0 bridgehead atoms. The molecule has 1 fully saturated rings. The van der Waals surface area contributed by atoms with Gasteiger partial charge in [0, 0.05) is 42.4 Å². The smallest absolute Gasteiger partial charge is 0.184 e. The standard InChI is InChI=1S/C41H35N5O3S2/c1-51(48,49)38-20-19-37(50-38)39(47)29-21-23-45(24-22-29)40-35-25-30(17-18-36(35)42-28-43-40)31-26-44-46(27-31)41(32-11-5-2-6-12-32,33-13-7-3-8-14-33)34-15-9-4-10-16-34/h2-20,25-29H,21-24H2,1H3. The van der Waals surface area contributed by atoms with Crippen LogP contribution in [0.5, 0.6) is 0 Å². The fourth-order valence-corrected chi connectivity index (χ4v) is 9.22. The predicted molar refractivity (Wildman–Crippen MR) is 202 cm³/mol. The summed E-state index contributed by atoms with van der Waals surface area (Å²) in [5, 5.41) is 6.00. The Morgan fingerprint density at radius 2 is 1.37 bits per heavy atom. The number of thiophene rings is 1. The molecule has 0 unspecified atom stereocenters. The van der Waals surface area contributed by atoms with E-state index < -0.39 is 15.4 Å². The number of hydrogen-bond donors (Lipinski definition) is 0. The first-order valence-electron chi connectivity index (χ1n) is 16.9. The molecule has 1 saturated heterocycles. The lowest BCUT2D eigenvalue weighted by atomic mass is 9.77. The van der Waals surface area contributed by atoms with Crippen LogP contribution in [0.1, 0.15) is 39.2 Å². The molecule has 4 aromatic carbocycles. The van der Waals surface area contributed by atoms with E-state index in [1.165, 1.54) is 12.3 Å². The van der Waals surface area contributed by atoms with Crippen LogP contribution >= 0.6 is 11.3 Å². The van der Waals surface area contributed by atoms with Gasteiger partial charge in [0.05, 0.1) is 16.6 Å². The summed E-state index contributed by atoms with van der Waals surface area (Å²) in [6, 6.07) is 40.9. The Balaban J connectivity index is 1.13. The number of hydrogen-bond acceptors (Lipinski definition) is 8. The van der Waals surface area contributed by atoms with Crippen molar-refractivity contribution in [2.45, 2.75) is 22.6 Å². The van der Waals surface area contributed by atoms with E-state index in [1.54, 1.807) is 12.4 Å². The average molecular weight is 710 g/mol. The molecule has 0 atom stereocenters. The van der Waals surface area contributed by atoms with Crippen molar-refractivity contribution in [3.63, 3.8) is 0 Å². The third-order valence-electron chi connectivity index (χ3n) is 9.80. The van der Waals surface area contributed by atoms with E-state index in [9.17, 15) is 13.2 Å². The largest absolute Gasteiger partial charge is 0.356 e. The van der Waals surface area contributed by atoms with Gasteiger partial charge in [0.1, 0.15) is 21.9 Å². The molecule has 0 N–H and O–H groups in total. The lowest BCUT2D eigenvalue weighted by Gasteiger charge is -2.36. The first-order chi connectivity index (χ1) is 24.8. The van der Waals surface area contributed by atoms with E-state index in [4.69, 9.17) is 10.1 Å². The van der Waals surface area contributed by atoms with Gasteiger partial charge in [0.15, 0.2) is 15.6 Å². The van der Waals surface area contributed by atoms with Gasteiger partial charge in [-0.2, -0.15) is 5.10 Å². The number of sulfone groups is 1. The lowest BCUT2D eigenvalue weighted by Crippen LogP contribution is -2.38. The summed E-state index contributed by atoms with van der Waals surface area (Å²) in [4.78, 5) is 25.3. The summed E-state index contributed by atoms with van der Waals surface area (Å²) in [5.74, 6) is 0.683. The zero-order valence-corrected chi connectivity index (χ0v) is 29.6. The average Bonchev–Trinajstić information content (AvgIpc) is 3.88. The molecule has 254 valence electrons. The third kappa shape index (κ3) is 6.04. The zero-order valence-electron chi connectivity index (χ0n) is 28.0. The van der Waals surface area contributed by atoms with Crippen molar-refractivity contribution in [3.8, 4) is 11.1 Å². The maximum absolute atomic E-state index is 13.3. The number of anilines is 1. The normalized spacial score (nSPS) is 14.2. The highest BCUT2D eigenvalue weighted by Crippen LogP contribution is 2.41. The number of carbonyl (C=O) groups excluding carboxylic acids is 1. The van der Waals surface area contributed by atoms with Gasteiger partial charge in [-0.15, -0.1) is 11.3 Å².